The molecular formula is C11H14N2O6. The summed E-state index contributed by atoms with van der Waals surface area (Å²) in [5.41, 5.74) is 0. The van der Waals surface area contributed by atoms with E-state index < -0.39 is 18.0 Å². The monoisotopic (exact) mass is 270 g/mol. The molecule has 0 amide bonds. The molecule has 104 valence electrons. The van der Waals surface area contributed by atoms with Gasteiger partial charge in [0, 0.05) is 13.1 Å². The van der Waals surface area contributed by atoms with E-state index in [1.807, 2.05) is 0 Å². The molecule has 0 aromatic carbocycles. The van der Waals surface area contributed by atoms with E-state index in [4.69, 9.17) is 4.74 Å². The van der Waals surface area contributed by atoms with E-state index in [-0.39, 0.29) is 32.2 Å². The normalized spacial score (nSPS) is 25.9. The smallest absolute Gasteiger partial charge is 0.327 e. The maximum absolute atomic E-state index is 11.2. The second-order valence-corrected chi connectivity index (χ2v) is 4.41. The first-order valence-corrected chi connectivity index (χ1v) is 5.89. The Hall–Kier alpha value is -1.80. The van der Waals surface area contributed by atoms with E-state index in [1.54, 1.807) is 9.80 Å². The molecule has 2 fully saturated rings. The highest BCUT2D eigenvalue weighted by Crippen LogP contribution is 2.07. The van der Waals surface area contributed by atoms with Gasteiger partial charge in [0.2, 0.25) is 0 Å². The molecule has 1 atom stereocenters. The van der Waals surface area contributed by atoms with Crippen molar-refractivity contribution in [1.29, 1.82) is 0 Å². The number of carbonyl (C=O) groups excluding carboxylic acids is 4. The average molecular weight is 270 g/mol. The Labute approximate surface area is 109 Å². The molecule has 2 rings (SSSR count). The van der Waals surface area contributed by atoms with Gasteiger partial charge in [-0.2, -0.15) is 0 Å². The van der Waals surface area contributed by atoms with Crippen LogP contribution in [-0.4, -0.2) is 79.4 Å². The maximum Gasteiger partial charge on any atom is 0.327 e. The second-order valence-electron chi connectivity index (χ2n) is 4.41. The number of rotatable bonds is 4. The average Bonchev–Trinajstić information content (AvgIpc) is 2.35. The van der Waals surface area contributed by atoms with E-state index in [1.165, 1.54) is 0 Å². The van der Waals surface area contributed by atoms with Gasteiger partial charge in [0.1, 0.15) is 18.9 Å². The third kappa shape index (κ3) is 3.58. The standard InChI is InChI=1S/C11H14N2O6/c14-6-8-7-18-9(15)5-13(8)2-1-12-3-10(16)19-11(17)4-12/h6,8H,1-5,7H2. The highest BCUT2D eigenvalue weighted by atomic mass is 16.6. The molecule has 0 N–H and O–H groups in total. The largest absolute Gasteiger partial charge is 0.463 e. The predicted octanol–water partition coefficient (Wildman–Crippen LogP) is -2.20. The lowest BCUT2D eigenvalue weighted by Crippen LogP contribution is -2.52. The molecule has 19 heavy (non-hydrogen) atoms. The van der Waals surface area contributed by atoms with Gasteiger partial charge >= 0.3 is 17.9 Å². The number of morpholine rings is 2. The van der Waals surface area contributed by atoms with Crippen molar-refractivity contribution >= 4 is 24.2 Å². The highest BCUT2D eigenvalue weighted by Gasteiger charge is 2.30. The molecule has 8 heteroatoms. The van der Waals surface area contributed by atoms with Crippen molar-refractivity contribution in [3.05, 3.63) is 0 Å². The van der Waals surface area contributed by atoms with E-state index in [2.05, 4.69) is 4.74 Å². The van der Waals surface area contributed by atoms with Crippen molar-refractivity contribution in [3.63, 3.8) is 0 Å². The molecule has 1 unspecified atom stereocenters. The lowest BCUT2D eigenvalue weighted by Gasteiger charge is -2.33. The SMILES string of the molecule is O=CC1COC(=O)CN1CCN1CC(=O)OC(=O)C1. The zero-order chi connectivity index (χ0) is 13.8. The fourth-order valence-corrected chi connectivity index (χ4v) is 2.02. The van der Waals surface area contributed by atoms with Crippen LogP contribution in [0.4, 0.5) is 0 Å². The molecule has 0 bridgehead atoms. The van der Waals surface area contributed by atoms with Crippen molar-refractivity contribution in [1.82, 2.24) is 9.80 Å². The van der Waals surface area contributed by atoms with Gasteiger partial charge in [-0.1, -0.05) is 0 Å². The number of hydrogen-bond acceptors (Lipinski definition) is 8. The Morgan fingerprint density at radius 3 is 2.37 bits per heavy atom. The third-order valence-corrected chi connectivity index (χ3v) is 3.01. The number of esters is 3. The van der Waals surface area contributed by atoms with Crippen molar-refractivity contribution in [2.75, 3.05) is 39.3 Å². The summed E-state index contributed by atoms with van der Waals surface area (Å²) in [4.78, 5) is 47.5. The van der Waals surface area contributed by atoms with E-state index in [0.29, 0.717) is 13.1 Å². The van der Waals surface area contributed by atoms with Crippen LogP contribution in [0.25, 0.3) is 0 Å². The van der Waals surface area contributed by atoms with Crippen LogP contribution in [0.5, 0.6) is 0 Å². The Bertz CT molecular complexity index is 394. The summed E-state index contributed by atoms with van der Waals surface area (Å²) in [5, 5.41) is 0. The topological polar surface area (TPSA) is 93.2 Å². The van der Waals surface area contributed by atoms with Gasteiger partial charge in [0.25, 0.3) is 0 Å². The molecule has 2 saturated heterocycles. The van der Waals surface area contributed by atoms with Crippen molar-refractivity contribution < 1.29 is 28.7 Å². The quantitative estimate of drug-likeness (QED) is 0.323. The molecule has 2 aliphatic rings. The zero-order valence-corrected chi connectivity index (χ0v) is 10.2. The van der Waals surface area contributed by atoms with Crippen molar-refractivity contribution in [3.8, 4) is 0 Å². The molecule has 0 radical (unpaired) electrons. The van der Waals surface area contributed by atoms with Gasteiger partial charge in [-0.15, -0.1) is 0 Å². The highest BCUT2D eigenvalue weighted by molar-refractivity contribution is 5.90. The third-order valence-electron chi connectivity index (χ3n) is 3.01. The van der Waals surface area contributed by atoms with Crippen molar-refractivity contribution in [2.45, 2.75) is 6.04 Å². The van der Waals surface area contributed by atoms with Gasteiger partial charge in [-0.05, 0) is 0 Å². The van der Waals surface area contributed by atoms with Crippen LogP contribution in [0.3, 0.4) is 0 Å². The predicted molar refractivity (Wildman–Crippen MR) is 59.9 cm³/mol. The summed E-state index contributed by atoms with van der Waals surface area (Å²) in [6, 6.07) is -0.467. The summed E-state index contributed by atoms with van der Waals surface area (Å²) in [6.07, 6.45) is 0.724. The number of carbonyl (C=O) groups is 4. The summed E-state index contributed by atoms with van der Waals surface area (Å²) < 4.78 is 9.19. The lowest BCUT2D eigenvalue weighted by molar-refractivity contribution is -0.167. The fourth-order valence-electron chi connectivity index (χ4n) is 2.02. The number of hydrogen-bond donors (Lipinski definition) is 0. The zero-order valence-electron chi connectivity index (χ0n) is 10.2. The van der Waals surface area contributed by atoms with Gasteiger partial charge in [0.05, 0.1) is 19.6 Å². The van der Waals surface area contributed by atoms with E-state index in [9.17, 15) is 19.2 Å². The summed E-state index contributed by atoms with van der Waals surface area (Å²) >= 11 is 0. The Morgan fingerprint density at radius 1 is 1.05 bits per heavy atom. The van der Waals surface area contributed by atoms with Gasteiger partial charge in [-0.3, -0.25) is 24.2 Å². The first-order valence-electron chi connectivity index (χ1n) is 5.89. The Balaban J connectivity index is 1.86. The molecule has 2 heterocycles. The minimum atomic E-state index is -0.582. The number of aldehydes is 1. The van der Waals surface area contributed by atoms with Gasteiger partial charge in [-0.25, -0.2) is 0 Å². The van der Waals surface area contributed by atoms with Crippen LogP contribution < -0.4 is 0 Å². The minimum Gasteiger partial charge on any atom is -0.463 e. The lowest BCUT2D eigenvalue weighted by atomic mass is 10.2. The fraction of sp³-hybridized carbons (Fsp3) is 0.636. The van der Waals surface area contributed by atoms with E-state index >= 15 is 0 Å². The maximum atomic E-state index is 11.2. The number of ether oxygens (including phenoxy) is 2. The van der Waals surface area contributed by atoms with Crippen LogP contribution in [-0.2, 0) is 28.7 Å². The molecule has 0 aromatic rings. The molecule has 0 spiro atoms. The van der Waals surface area contributed by atoms with Gasteiger partial charge < -0.3 is 14.3 Å². The Morgan fingerprint density at radius 2 is 1.74 bits per heavy atom. The number of cyclic esters (lactones) is 3. The van der Waals surface area contributed by atoms with Crippen LogP contribution in [0.1, 0.15) is 0 Å². The summed E-state index contributed by atoms with van der Waals surface area (Å²) in [6.45, 7) is 0.960. The first-order chi connectivity index (χ1) is 9.08. The van der Waals surface area contributed by atoms with Crippen LogP contribution in [0, 0.1) is 0 Å². The molecule has 0 aromatic heterocycles. The Kier molecular flexibility index (Phi) is 4.23. The van der Waals surface area contributed by atoms with Crippen molar-refractivity contribution in [2.24, 2.45) is 0 Å². The summed E-state index contributed by atoms with van der Waals surface area (Å²) in [5.74, 6) is -1.55. The first kappa shape index (κ1) is 13.6. The van der Waals surface area contributed by atoms with Gasteiger partial charge in [0.15, 0.2) is 0 Å². The molecule has 8 nitrogen and oxygen atoms in total. The molecular weight excluding hydrogens is 256 g/mol. The van der Waals surface area contributed by atoms with Crippen LogP contribution in [0.15, 0.2) is 0 Å². The molecule has 0 saturated carbocycles. The minimum absolute atomic E-state index is 0.0373. The molecule has 0 aliphatic carbocycles. The van der Waals surface area contributed by atoms with E-state index in [0.717, 1.165) is 6.29 Å². The summed E-state index contributed by atoms with van der Waals surface area (Å²) in [7, 11) is 0. The number of nitrogens with zero attached hydrogens (tertiary/aromatic N) is 2. The van der Waals surface area contributed by atoms with Crippen LogP contribution >= 0.6 is 0 Å². The second kappa shape index (κ2) is 5.89. The molecule has 2 aliphatic heterocycles. The van der Waals surface area contributed by atoms with Crippen LogP contribution in [0.2, 0.25) is 0 Å².